The molecule has 1 aliphatic rings. The number of nitrogens with one attached hydrogen (secondary N) is 1. The normalized spacial score (nSPS) is 25.5. The summed E-state index contributed by atoms with van der Waals surface area (Å²) in [5.41, 5.74) is 1.34. The van der Waals surface area contributed by atoms with Crippen LogP contribution in [0, 0.1) is 12.8 Å². The number of nitrogens with zero attached hydrogens (tertiary/aromatic N) is 2. The average Bonchev–Trinajstić information content (AvgIpc) is 2.47. The van der Waals surface area contributed by atoms with E-state index in [9.17, 15) is 0 Å². The van der Waals surface area contributed by atoms with E-state index in [2.05, 4.69) is 55.1 Å². The van der Waals surface area contributed by atoms with Gasteiger partial charge in [0, 0.05) is 18.3 Å². The molecular formula is C13H23N3. The lowest BCUT2D eigenvalue weighted by Crippen LogP contribution is -2.44. The highest BCUT2D eigenvalue weighted by Crippen LogP contribution is 2.37. The standard InChI is InChI=1S/C13H23N3/c1-10-7-8-16(15-10)12-6-5-11(12)9-14-13(2,3)4/h7-8,11-12,14H,5-6,9H2,1-4H3. The topological polar surface area (TPSA) is 29.9 Å². The van der Waals surface area contributed by atoms with E-state index in [-0.39, 0.29) is 5.54 Å². The SMILES string of the molecule is Cc1ccn(C2CCC2CNC(C)(C)C)n1. The van der Waals surface area contributed by atoms with Crippen molar-refractivity contribution in [2.45, 2.75) is 52.1 Å². The fourth-order valence-electron chi connectivity index (χ4n) is 2.19. The summed E-state index contributed by atoms with van der Waals surface area (Å²) in [5, 5.41) is 8.11. The smallest absolute Gasteiger partial charge is 0.0593 e. The monoisotopic (exact) mass is 221 g/mol. The van der Waals surface area contributed by atoms with Gasteiger partial charge < -0.3 is 5.32 Å². The van der Waals surface area contributed by atoms with E-state index in [0.29, 0.717) is 6.04 Å². The number of hydrogen-bond donors (Lipinski definition) is 1. The summed E-state index contributed by atoms with van der Waals surface area (Å²) in [7, 11) is 0. The van der Waals surface area contributed by atoms with Gasteiger partial charge in [-0.1, -0.05) is 0 Å². The zero-order valence-electron chi connectivity index (χ0n) is 10.8. The Bertz CT molecular complexity index is 348. The Labute approximate surface area is 98.2 Å². The highest BCUT2D eigenvalue weighted by molar-refractivity contribution is 4.99. The Kier molecular flexibility index (Phi) is 3.06. The van der Waals surface area contributed by atoms with E-state index in [1.54, 1.807) is 0 Å². The molecule has 0 aromatic carbocycles. The van der Waals surface area contributed by atoms with E-state index in [4.69, 9.17) is 0 Å². The van der Waals surface area contributed by atoms with Crippen LogP contribution < -0.4 is 5.32 Å². The molecule has 0 aliphatic heterocycles. The molecule has 0 amide bonds. The second-order valence-electron chi connectivity index (χ2n) is 5.97. The van der Waals surface area contributed by atoms with Crippen LogP contribution in [-0.2, 0) is 0 Å². The number of rotatable bonds is 3. The minimum Gasteiger partial charge on any atom is -0.312 e. The van der Waals surface area contributed by atoms with E-state index >= 15 is 0 Å². The van der Waals surface area contributed by atoms with Crippen molar-refractivity contribution < 1.29 is 0 Å². The van der Waals surface area contributed by atoms with Crippen molar-refractivity contribution in [2.24, 2.45) is 5.92 Å². The highest BCUT2D eigenvalue weighted by atomic mass is 15.3. The van der Waals surface area contributed by atoms with Crippen molar-refractivity contribution >= 4 is 0 Å². The molecule has 2 rings (SSSR count). The van der Waals surface area contributed by atoms with Crippen LogP contribution in [-0.4, -0.2) is 21.9 Å². The lowest BCUT2D eigenvalue weighted by Gasteiger charge is -2.38. The van der Waals surface area contributed by atoms with Crippen molar-refractivity contribution in [3.63, 3.8) is 0 Å². The average molecular weight is 221 g/mol. The van der Waals surface area contributed by atoms with Gasteiger partial charge in [0.2, 0.25) is 0 Å². The predicted octanol–water partition coefficient (Wildman–Crippen LogP) is 2.53. The molecule has 2 atom stereocenters. The summed E-state index contributed by atoms with van der Waals surface area (Å²) in [5.74, 6) is 0.749. The van der Waals surface area contributed by atoms with Gasteiger partial charge in [0.25, 0.3) is 0 Å². The molecule has 3 heteroatoms. The van der Waals surface area contributed by atoms with Crippen LogP contribution in [0.2, 0.25) is 0 Å². The molecule has 90 valence electrons. The molecule has 0 saturated heterocycles. The second kappa shape index (κ2) is 4.21. The molecule has 1 aromatic rings. The largest absolute Gasteiger partial charge is 0.312 e. The number of hydrogen-bond acceptors (Lipinski definition) is 2. The molecule has 1 N–H and O–H groups in total. The Morgan fingerprint density at radius 1 is 1.44 bits per heavy atom. The maximum atomic E-state index is 4.52. The fraction of sp³-hybridized carbons (Fsp3) is 0.769. The van der Waals surface area contributed by atoms with Crippen molar-refractivity contribution in [3.8, 4) is 0 Å². The number of aryl methyl sites for hydroxylation is 1. The van der Waals surface area contributed by atoms with Gasteiger partial charge in [-0.15, -0.1) is 0 Å². The first-order valence-corrected chi connectivity index (χ1v) is 6.22. The molecule has 3 nitrogen and oxygen atoms in total. The van der Waals surface area contributed by atoms with Gasteiger partial charge in [0.15, 0.2) is 0 Å². The Morgan fingerprint density at radius 2 is 2.19 bits per heavy atom. The summed E-state index contributed by atoms with van der Waals surface area (Å²) < 4.78 is 2.15. The third kappa shape index (κ3) is 2.64. The maximum Gasteiger partial charge on any atom is 0.0593 e. The van der Waals surface area contributed by atoms with E-state index < -0.39 is 0 Å². The zero-order chi connectivity index (χ0) is 11.8. The third-order valence-corrected chi connectivity index (χ3v) is 3.35. The molecule has 1 heterocycles. The molecule has 2 unspecified atom stereocenters. The molecule has 1 saturated carbocycles. The van der Waals surface area contributed by atoms with Gasteiger partial charge >= 0.3 is 0 Å². The first-order valence-electron chi connectivity index (χ1n) is 6.22. The van der Waals surface area contributed by atoms with Crippen LogP contribution in [0.25, 0.3) is 0 Å². The van der Waals surface area contributed by atoms with Crippen molar-refractivity contribution in [3.05, 3.63) is 18.0 Å². The first kappa shape index (κ1) is 11.6. The Morgan fingerprint density at radius 3 is 2.62 bits per heavy atom. The van der Waals surface area contributed by atoms with E-state index in [1.165, 1.54) is 12.8 Å². The third-order valence-electron chi connectivity index (χ3n) is 3.35. The quantitative estimate of drug-likeness (QED) is 0.850. The van der Waals surface area contributed by atoms with Crippen LogP contribution in [0.4, 0.5) is 0 Å². The molecule has 0 radical (unpaired) electrons. The minimum absolute atomic E-state index is 0.222. The van der Waals surface area contributed by atoms with Crippen molar-refractivity contribution in [1.29, 1.82) is 0 Å². The van der Waals surface area contributed by atoms with Gasteiger partial charge in [-0.3, -0.25) is 4.68 Å². The van der Waals surface area contributed by atoms with Gasteiger partial charge in [-0.05, 0) is 52.5 Å². The van der Waals surface area contributed by atoms with Crippen LogP contribution in [0.1, 0.15) is 45.3 Å². The zero-order valence-corrected chi connectivity index (χ0v) is 10.8. The first-order chi connectivity index (χ1) is 7.46. The van der Waals surface area contributed by atoms with Crippen molar-refractivity contribution in [2.75, 3.05) is 6.54 Å². The summed E-state index contributed by atoms with van der Waals surface area (Å²) in [6, 6.07) is 2.70. The van der Waals surface area contributed by atoms with Gasteiger partial charge in [0.1, 0.15) is 0 Å². The summed E-state index contributed by atoms with van der Waals surface area (Å²) in [4.78, 5) is 0. The molecule has 0 bridgehead atoms. The van der Waals surface area contributed by atoms with E-state index in [0.717, 1.165) is 18.2 Å². The molecule has 1 fully saturated rings. The summed E-state index contributed by atoms with van der Waals surface area (Å²) >= 11 is 0. The summed E-state index contributed by atoms with van der Waals surface area (Å²) in [6.07, 6.45) is 4.72. The maximum absolute atomic E-state index is 4.52. The predicted molar refractivity (Wildman–Crippen MR) is 66.5 cm³/mol. The lowest BCUT2D eigenvalue weighted by molar-refractivity contribution is 0.153. The molecule has 1 aromatic heterocycles. The lowest BCUT2D eigenvalue weighted by atomic mass is 9.79. The molecule has 0 spiro atoms. The van der Waals surface area contributed by atoms with Crippen LogP contribution >= 0.6 is 0 Å². The van der Waals surface area contributed by atoms with E-state index in [1.807, 2.05) is 0 Å². The van der Waals surface area contributed by atoms with Crippen LogP contribution in [0.3, 0.4) is 0 Å². The molecule has 1 aliphatic carbocycles. The molecule has 16 heavy (non-hydrogen) atoms. The minimum atomic E-state index is 0.222. The number of aromatic nitrogens is 2. The molecular weight excluding hydrogens is 198 g/mol. The Balaban J connectivity index is 1.89. The van der Waals surface area contributed by atoms with Crippen molar-refractivity contribution in [1.82, 2.24) is 15.1 Å². The highest BCUT2D eigenvalue weighted by Gasteiger charge is 2.33. The van der Waals surface area contributed by atoms with Crippen LogP contribution in [0.15, 0.2) is 12.3 Å². The van der Waals surface area contributed by atoms with Crippen LogP contribution in [0.5, 0.6) is 0 Å². The van der Waals surface area contributed by atoms with Gasteiger partial charge in [0.05, 0.1) is 11.7 Å². The fourth-order valence-corrected chi connectivity index (χ4v) is 2.19. The van der Waals surface area contributed by atoms with Gasteiger partial charge in [-0.25, -0.2) is 0 Å². The van der Waals surface area contributed by atoms with Gasteiger partial charge in [-0.2, -0.15) is 5.10 Å². The summed E-state index contributed by atoms with van der Waals surface area (Å²) in [6.45, 7) is 9.82. The second-order valence-corrected chi connectivity index (χ2v) is 5.97. The Hall–Kier alpha value is -0.830.